The van der Waals surface area contributed by atoms with Crippen LogP contribution in [-0.4, -0.2) is 23.5 Å². The number of methoxy groups -OCH3 is 1. The number of benzene rings is 1. The molecule has 18 heavy (non-hydrogen) atoms. The van der Waals surface area contributed by atoms with Gasteiger partial charge in [-0.1, -0.05) is 18.2 Å². The summed E-state index contributed by atoms with van der Waals surface area (Å²) >= 11 is 1.34. The summed E-state index contributed by atoms with van der Waals surface area (Å²) in [6.45, 7) is 0. The summed E-state index contributed by atoms with van der Waals surface area (Å²) in [7, 11) is 1.56. The van der Waals surface area contributed by atoms with Crippen molar-refractivity contribution in [1.82, 2.24) is 4.98 Å². The number of hydrogen-bond acceptors (Lipinski definition) is 5. The lowest BCUT2D eigenvalue weighted by Gasteiger charge is -2.08. The second kappa shape index (κ2) is 5.14. The minimum absolute atomic E-state index is 0.0848. The highest BCUT2D eigenvalue weighted by Crippen LogP contribution is 2.46. The average Bonchev–Trinajstić information content (AvgIpc) is 2.74. The molecule has 6 heteroatoms. The zero-order valence-corrected chi connectivity index (χ0v) is 10.7. The molecule has 0 radical (unpaired) electrons. The van der Waals surface area contributed by atoms with Crippen LogP contribution in [0.1, 0.15) is 0 Å². The zero-order valence-electron chi connectivity index (χ0n) is 9.93. The van der Waals surface area contributed by atoms with E-state index >= 15 is 0 Å². The van der Waals surface area contributed by atoms with Crippen molar-refractivity contribution in [3.05, 3.63) is 29.2 Å². The van der Waals surface area contributed by atoms with Gasteiger partial charge in [-0.05, 0) is 17.5 Å². The summed E-state index contributed by atoms with van der Waals surface area (Å²) < 4.78 is 5.25. The first-order valence-electron chi connectivity index (χ1n) is 5.18. The maximum Gasteiger partial charge on any atom is 0.199 e. The van der Waals surface area contributed by atoms with Crippen LogP contribution in [0.15, 0.2) is 34.3 Å². The highest BCUT2D eigenvalue weighted by Gasteiger charge is 2.21. The second-order valence-electron chi connectivity index (χ2n) is 3.52. The third kappa shape index (κ3) is 1.95. The van der Waals surface area contributed by atoms with E-state index < -0.39 is 0 Å². The number of nitrogens with zero attached hydrogens (tertiary/aromatic N) is 1. The van der Waals surface area contributed by atoms with Crippen LogP contribution >= 0.6 is 11.8 Å². The van der Waals surface area contributed by atoms with Crippen molar-refractivity contribution in [2.24, 2.45) is 5.18 Å². The molecule has 0 aliphatic rings. The highest BCUT2D eigenvalue weighted by atomic mass is 32.2. The molecule has 0 saturated carbocycles. The second-order valence-corrected chi connectivity index (χ2v) is 4.34. The number of ether oxygens (including phenoxy) is 1. The minimum atomic E-state index is -0.0848. The molecule has 2 aromatic rings. The maximum absolute atomic E-state index is 10.7. The van der Waals surface area contributed by atoms with Crippen LogP contribution in [0, 0.1) is 4.91 Å². The average molecular weight is 264 g/mol. The van der Waals surface area contributed by atoms with Gasteiger partial charge >= 0.3 is 0 Å². The Morgan fingerprint density at radius 2 is 2.11 bits per heavy atom. The van der Waals surface area contributed by atoms with Crippen molar-refractivity contribution >= 4 is 17.6 Å². The Labute approximate surface area is 108 Å². The van der Waals surface area contributed by atoms with Crippen molar-refractivity contribution < 1.29 is 9.84 Å². The van der Waals surface area contributed by atoms with E-state index in [4.69, 9.17) is 4.74 Å². The van der Waals surface area contributed by atoms with Crippen LogP contribution in [0.2, 0.25) is 0 Å². The van der Waals surface area contributed by atoms with Gasteiger partial charge in [0.25, 0.3) is 0 Å². The van der Waals surface area contributed by atoms with E-state index in [1.54, 1.807) is 13.2 Å². The number of hydrogen-bond donors (Lipinski definition) is 2. The van der Waals surface area contributed by atoms with E-state index in [1.165, 1.54) is 11.8 Å². The number of aromatic amines is 1. The number of rotatable bonds is 4. The molecule has 0 saturated heterocycles. The number of aromatic nitrogens is 1. The Balaban J connectivity index is 2.70. The predicted molar refractivity (Wildman–Crippen MR) is 71.7 cm³/mol. The summed E-state index contributed by atoms with van der Waals surface area (Å²) in [6, 6.07) is 7.28. The van der Waals surface area contributed by atoms with Gasteiger partial charge < -0.3 is 14.8 Å². The van der Waals surface area contributed by atoms with Crippen LogP contribution in [0.3, 0.4) is 0 Å². The molecule has 94 valence electrons. The molecule has 0 fully saturated rings. The lowest BCUT2D eigenvalue weighted by atomic mass is 10.1. The Kier molecular flexibility index (Phi) is 3.57. The number of thioether (sulfide) groups is 1. The molecule has 1 aromatic carbocycles. The first kappa shape index (κ1) is 12.5. The van der Waals surface area contributed by atoms with E-state index in [2.05, 4.69) is 10.2 Å². The molecular weight excluding hydrogens is 252 g/mol. The Morgan fingerprint density at radius 1 is 1.39 bits per heavy atom. The monoisotopic (exact) mass is 264 g/mol. The number of para-hydroxylation sites is 1. The van der Waals surface area contributed by atoms with E-state index in [-0.39, 0.29) is 11.7 Å². The third-order valence-corrected chi connectivity index (χ3v) is 3.39. The van der Waals surface area contributed by atoms with Gasteiger partial charge in [0.1, 0.15) is 5.75 Å². The van der Waals surface area contributed by atoms with Crippen molar-refractivity contribution in [2.45, 2.75) is 4.90 Å². The van der Waals surface area contributed by atoms with E-state index in [9.17, 15) is 10.0 Å². The van der Waals surface area contributed by atoms with Gasteiger partial charge in [0, 0.05) is 5.56 Å². The molecule has 1 heterocycles. The zero-order chi connectivity index (χ0) is 13.1. The summed E-state index contributed by atoms with van der Waals surface area (Å²) in [5, 5.41) is 12.8. The van der Waals surface area contributed by atoms with Crippen molar-refractivity contribution in [3.63, 3.8) is 0 Å². The normalized spacial score (nSPS) is 10.3. The predicted octanol–water partition coefficient (Wildman–Crippen LogP) is 3.52. The molecule has 0 atom stereocenters. The largest absolute Gasteiger partial charge is 0.496 e. The maximum atomic E-state index is 10.7. The summed E-state index contributed by atoms with van der Waals surface area (Å²) in [5.74, 6) is 0.666. The number of nitroso groups, excluding NO2 is 1. The van der Waals surface area contributed by atoms with Crippen molar-refractivity contribution in [1.29, 1.82) is 0 Å². The topological polar surface area (TPSA) is 74.7 Å². The molecule has 0 bridgehead atoms. The molecule has 2 rings (SSSR count). The summed E-state index contributed by atoms with van der Waals surface area (Å²) in [5.41, 5.74) is 1.25. The van der Waals surface area contributed by atoms with Crippen molar-refractivity contribution in [2.75, 3.05) is 13.4 Å². The lowest BCUT2D eigenvalue weighted by molar-refractivity contribution is 0.415. The quantitative estimate of drug-likeness (QED) is 0.654. The minimum Gasteiger partial charge on any atom is -0.496 e. The van der Waals surface area contributed by atoms with Crippen LogP contribution in [-0.2, 0) is 0 Å². The summed E-state index contributed by atoms with van der Waals surface area (Å²) in [4.78, 5) is 13.9. The Bertz CT molecular complexity index is 581. The Morgan fingerprint density at radius 3 is 2.72 bits per heavy atom. The molecule has 0 spiro atoms. The first-order chi connectivity index (χ1) is 8.72. The van der Waals surface area contributed by atoms with Crippen LogP contribution in [0.4, 0.5) is 5.82 Å². The van der Waals surface area contributed by atoms with E-state index in [0.29, 0.717) is 21.8 Å². The fourth-order valence-electron chi connectivity index (χ4n) is 1.82. The van der Waals surface area contributed by atoms with Gasteiger partial charge in [-0.15, -0.1) is 16.7 Å². The third-order valence-electron chi connectivity index (χ3n) is 2.59. The SMILES string of the molecule is COc1ccccc1-c1c(O)[nH]c(N=O)c1SC. The van der Waals surface area contributed by atoms with Gasteiger partial charge in [0.15, 0.2) is 11.7 Å². The van der Waals surface area contributed by atoms with Gasteiger partial charge in [0.2, 0.25) is 0 Å². The standard InChI is InChI=1S/C12H12N2O3S/c1-17-8-6-4-3-5-7(8)9-10(18-2)11(14-16)13-12(9)15/h3-6,13,15H,1-2H3. The number of nitrogens with one attached hydrogen (secondary N) is 1. The summed E-state index contributed by atoms with van der Waals surface area (Å²) in [6.07, 6.45) is 1.82. The molecule has 5 nitrogen and oxygen atoms in total. The van der Waals surface area contributed by atoms with Crippen LogP contribution in [0.25, 0.3) is 11.1 Å². The fraction of sp³-hybridized carbons (Fsp3) is 0.167. The van der Waals surface area contributed by atoms with Gasteiger partial charge in [-0.2, -0.15) is 0 Å². The Hall–Kier alpha value is -1.95. The van der Waals surface area contributed by atoms with E-state index in [1.807, 2.05) is 24.5 Å². The van der Waals surface area contributed by atoms with Crippen molar-refractivity contribution in [3.8, 4) is 22.8 Å². The molecule has 0 amide bonds. The van der Waals surface area contributed by atoms with Gasteiger partial charge in [0.05, 0.1) is 17.6 Å². The van der Waals surface area contributed by atoms with Gasteiger partial charge in [-0.25, -0.2) is 0 Å². The fourth-order valence-corrected chi connectivity index (χ4v) is 2.51. The molecule has 0 unspecified atom stereocenters. The molecule has 0 aliphatic heterocycles. The number of aromatic hydroxyl groups is 1. The first-order valence-corrected chi connectivity index (χ1v) is 6.41. The molecule has 1 aromatic heterocycles. The lowest BCUT2D eigenvalue weighted by Crippen LogP contribution is -1.87. The van der Waals surface area contributed by atoms with Crippen LogP contribution < -0.4 is 4.74 Å². The molecule has 2 N–H and O–H groups in total. The molecular formula is C12H12N2O3S. The van der Waals surface area contributed by atoms with Crippen LogP contribution in [0.5, 0.6) is 11.6 Å². The van der Waals surface area contributed by atoms with Gasteiger partial charge in [-0.3, -0.25) is 0 Å². The smallest absolute Gasteiger partial charge is 0.199 e. The van der Waals surface area contributed by atoms with E-state index in [0.717, 1.165) is 0 Å². The highest BCUT2D eigenvalue weighted by molar-refractivity contribution is 7.98. The number of H-pyrrole nitrogens is 1. The molecule has 0 aliphatic carbocycles.